The molecular formula is C10H15N3O4. The molecule has 0 bridgehead atoms. The fraction of sp³-hybridized carbons (Fsp3) is 0.600. The van der Waals surface area contributed by atoms with Gasteiger partial charge in [-0.2, -0.15) is 5.10 Å². The molecule has 0 fully saturated rings. The summed E-state index contributed by atoms with van der Waals surface area (Å²) in [6.07, 6.45) is 0. The van der Waals surface area contributed by atoms with E-state index in [9.17, 15) is 14.4 Å². The van der Waals surface area contributed by atoms with Crippen LogP contribution < -0.4 is 11.2 Å². The van der Waals surface area contributed by atoms with Crippen LogP contribution in [-0.2, 0) is 13.6 Å². The number of hydrogen-bond acceptors (Lipinski definition) is 4. The van der Waals surface area contributed by atoms with E-state index in [1.165, 1.54) is 7.05 Å². The molecule has 1 rings (SSSR count). The number of nitrogens with zero attached hydrogens (tertiary/aromatic N) is 3. The molecule has 0 aliphatic rings. The van der Waals surface area contributed by atoms with Crippen molar-refractivity contribution in [3.05, 3.63) is 26.5 Å². The summed E-state index contributed by atoms with van der Waals surface area (Å²) < 4.78 is 1.76. The molecule has 0 aliphatic carbocycles. The van der Waals surface area contributed by atoms with Crippen LogP contribution in [0.1, 0.15) is 31.3 Å². The highest BCUT2D eigenvalue weighted by molar-refractivity contribution is 5.84. The van der Waals surface area contributed by atoms with E-state index >= 15 is 0 Å². The highest BCUT2D eigenvalue weighted by Crippen LogP contribution is 2.13. The van der Waals surface area contributed by atoms with Crippen molar-refractivity contribution in [2.45, 2.75) is 27.3 Å². The van der Waals surface area contributed by atoms with Crippen LogP contribution in [0.15, 0.2) is 9.59 Å². The Balaban J connectivity index is 3.54. The molecule has 1 aromatic rings. The van der Waals surface area contributed by atoms with E-state index in [4.69, 9.17) is 5.11 Å². The molecule has 0 spiro atoms. The first-order valence-electron chi connectivity index (χ1n) is 5.05. The van der Waals surface area contributed by atoms with Crippen molar-refractivity contribution in [3.63, 3.8) is 0 Å². The molecule has 94 valence electrons. The number of aryl methyl sites for hydroxylation is 1. The Bertz CT molecular complexity index is 562. The van der Waals surface area contributed by atoms with E-state index in [-0.39, 0.29) is 12.0 Å². The minimum atomic E-state index is -1.44. The average molecular weight is 241 g/mol. The van der Waals surface area contributed by atoms with Crippen LogP contribution in [-0.4, -0.2) is 25.4 Å². The molecule has 1 aromatic heterocycles. The maximum absolute atomic E-state index is 11.8. The first-order valence-corrected chi connectivity index (χ1v) is 5.05. The zero-order chi connectivity index (χ0) is 13.4. The highest BCUT2D eigenvalue weighted by atomic mass is 16.4. The number of aromatic carboxylic acids is 1. The summed E-state index contributed by atoms with van der Waals surface area (Å²) >= 11 is 0. The SMILES string of the molecule is Cn1nc(C(=O)O)c(=O)n(CC(C)(C)C)c1=O. The Morgan fingerprint density at radius 1 is 1.35 bits per heavy atom. The van der Waals surface area contributed by atoms with Gasteiger partial charge >= 0.3 is 11.7 Å². The number of hydrogen-bond donors (Lipinski definition) is 1. The Labute approximate surface area is 97.3 Å². The van der Waals surface area contributed by atoms with E-state index in [2.05, 4.69) is 5.10 Å². The van der Waals surface area contributed by atoms with Crippen LogP contribution in [0.4, 0.5) is 0 Å². The molecule has 0 aromatic carbocycles. The largest absolute Gasteiger partial charge is 0.476 e. The molecule has 0 saturated heterocycles. The lowest BCUT2D eigenvalue weighted by Crippen LogP contribution is -2.45. The number of carboxylic acids is 1. The van der Waals surface area contributed by atoms with Gasteiger partial charge in [-0.3, -0.25) is 9.36 Å². The predicted octanol–water partition coefficient (Wildman–Crippen LogP) is -0.314. The molecule has 1 heterocycles. The van der Waals surface area contributed by atoms with Crippen molar-refractivity contribution in [2.24, 2.45) is 12.5 Å². The minimum absolute atomic E-state index is 0.140. The van der Waals surface area contributed by atoms with Crippen LogP contribution in [0.3, 0.4) is 0 Å². The summed E-state index contributed by atoms with van der Waals surface area (Å²) in [6, 6.07) is 0. The lowest BCUT2D eigenvalue weighted by atomic mass is 9.97. The number of carboxylic acid groups (broad SMARTS) is 1. The van der Waals surface area contributed by atoms with Crippen LogP contribution in [0, 0.1) is 5.41 Å². The van der Waals surface area contributed by atoms with Crippen LogP contribution in [0.25, 0.3) is 0 Å². The quantitative estimate of drug-likeness (QED) is 0.766. The lowest BCUT2D eigenvalue weighted by Gasteiger charge is -2.19. The maximum atomic E-state index is 11.8. The molecular weight excluding hydrogens is 226 g/mol. The van der Waals surface area contributed by atoms with Gasteiger partial charge in [0.25, 0.3) is 5.56 Å². The summed E-state index contributed by atoms with van der Waals surface area (Å²) in [6.45, 7) is 5.68. The summed E-state index contributed by atoms with van der Waals surface area (Å²) in [7, 11) is 1.31. The third-order valence-corrected chi connectivity index (χ3v) is 2.04. The third-order valence-electron chi connectivity index (χ3n) is 2.04. The molecule has 0 atom stereocenters. The summed E-state index contributed by atoms with van der Waals surface area (Å²) in [5.74, 6) is -1.44. The fourth-order valence-electron chi connectivity index (χ4n) is 1.37. The predicted molar refractivity (Wildman–Crippen MR) is 60.2 cm³/mol. The molecule has 1 N–H and O–H groups in total. The van der Waals surface area contributed by atoms with Gasteiger partial charge in [0.05, 0.1) is 0 Å². The van der Waals surface area contributed by atoms with Gasteiger partial charge in [0.2, 0.25) is 5.69 Å². The second-order valence-electron chi connectivity index (χ2n) is 5.01. The molecule has 0 unspecified atom stereocenters. The van der Waals surface area contributed by atoms with Gasteiger partial charge in [-0.1, -0.05) is 20.8 Å². The molecule has 7 nitrogen and oxygen atoms in total. The van der Waals surface area contributed by atoms with Crippen molar-refractivity contribution < 1.29 is 9.90 Å². The fourth-order valence-corrected chi connectivity index (χ4v) is 1.37. The molecule has 0 aliphatic heterocycles. The number of carbonyl (C=O) groups is 1. The van der Waals surface area contributed by atoms with Crippen molar-refractivity contribution >= 4 is 5.97 Å². The van der Waals surface area contributed by atoms with E-state index in [1.807, 2.05) is 20.8 Å². The number of rotatable bonds is 2. The van der Waals surface area contributed by atoms with Crippen LogP contribution in [0.5, 0.6) is 0 Å². The number of aromatic nitrogens is 3. The van der Waals surface area contributed by atoms with E-state index in [0.717, 1.165) is 9.25 Å². The zero-order valence-corrected chi connectivity index (χ0v) is 10.2. The van der Waals surface area contributed by atoms with Crippen LogP contribution in [0.2, 0.25) is 0 Å². The second kappa shape index (κ2) is 4.15. The smallest absolute Gasteiger partial charge is 0.362 e. The van der Waals surface area contributed by atoms with Crippen molar-refractivity contribution in [2.75, 3.05) is 0 Å². The van der Waals surface area contributed by atoms with Gasteiger partial charge in [0.15, 0.2) is 0 Å². The van der Waals surface area contributed by atoms with Crippen molar-refractivity contribution in [1.82, 2.24) is 14.3 Å². The normalized spacial score (nSPS) is 11.5. The standard InChI is InChI=1S/C10H15N3O4/c1-10(2,3)5-13-7(14)6(8(15)16)11-12(4)9(13)17/h5H2,1-4H3,(H,15,16). The van der Waals surface area contributed by atoms with Crippen molar-refractivity contribution in [3.8, 4) is 0 Å². The second-order valence-corrected chi connectivity index (χ2v) is 5.01. The molecule has 17 heavy (non-hydrogen) atoms. The minimum Gasteiger partial charge on any atom is -0.476 e. The summed E-state index contributed by atoms with van der Waals surface area (Å²) in [4.78, 5) is 34.3. The highest BCUT2D eigenvalue weighted by Gasteiger charge is 2.21. The molecule has 0 amide bonds. The van der Waals surface area contributed by atoms with Crippen LogP contribution >= 0.6 is 0 Å². The molecule has 0 saturated carbocycles. The first kappa shape index (κ1) is 13.1. The zero-order valence-electron chi connectivity index (χ0n) is 10.2. The maximum Gasteiger partial charge on any atom is 0.362 e. The van der Waals surface area contributed by atoms with E-state index in [0.29, 0.717) is 0 Å². The summed E-state index contributed by atoms with van der Waals surface area (Å²) in [5.41, 5.74) is -2.44. The molecule has 0 radical (unpaired) electrons. The van der Waals surface area contributed by atoms with Gasteiger partial charge < -0.3 is 5.11 Å². The van der Waals surface area contributed by atoms with Gasteiger partial charge in [0, 0.05) is 13.6 Å². The monoisotopic (exact) mass is 241 g/mol. The topological polar surface area (TPSA) is 94.2 Å². The Kier molecular flexibility index (Phi) is 3.21. The van der Waals surface area contributed by atoms with Gasteiger partial charge in [-0.05, 0) is 5.41 Å². The summed E-state index contributed by atoms with van der Waals surface area (Å²) in [5, 5.41) is 12.2. The molecule has 7 heteroatoms. The Morgan fingerprint density at radius 3 is 2.29 bits per heavy atom. The van der Waals surface area contributed by atoms with E-state index < -0.39 is 22.9 Å². The van der Waals surface area contributed by atoms with Gasteiger partial charge in [-0.25, -0.2) is 14.3 Å². The average Bonchev–Trinajstić information content (AvgIpc) is 2.16. The first-order chi connectivity index (χ1) is 7.63. The third kappa shape index (κ3) is 2.80. The Hall–Kier alpha value is -1.92. The van der Waals surface area contributed by atoms with Crippen molar-refractivity contribution in [1.29, 1.82) is 0 Å². The van der Waals surface area contributed by atoms with E-state index in [1.54, 1.807) is 0 Å². The van der Waals surface area contributed by atoms with Gasteiger partial charge in [-0.15, -0.1) is 0 Å². The van der Waals surface area contributed by atoms with Gasteiger partial charge in [0.1, 0.15) is 0 Å². The lowest BCUT2D eigenvalue weighted by molar-refractivity contribution is 0.0683. The Morgan fingerprint density at radius 2 is 1.88 bits per heavy atom.